The lowest BCUT2D eigenvalue weighted by Crippen LogP contribution is -2.19. The van der Waals surface area contributed by atoms with Crippen LogP contribution in [0.4, 0.5) is 16.2 Å². The number of aromatic nitrogens is 1. The normalized spacial score (nSPS) is 10.4. The van der Waals surface area contributed by atoms with Crippen LogP contribution in [0.5, 0.6) is 0 Å². The predicted molar refractivity (Wildman–Crippen MR) is 104 cm³/mol. The summed E-state index contributed by atoms with van der Waals surface area (Å²) in [7, 11) is 0. The van der Waals surface area contributed by atoms with E-state index < -0.39 is 6.03 Å². The Hall–Kier alpha value is -3.32. The second kappa shape index (κ2) is 8.37. The van der Waals surface area contributed by atoms with E-state index in [1.165, 1.54) is 0 Å². The Balaban J connectivity index is 1.52. The molecule has 0 atom stereocenters. The number of amides is 3. The molecule has 3 amide bonds. The molecule has 3 aromatic rings. The highest BCUT2D eigenvalue weighted by molar-refractivity contribution is 6.30. The highest BCUT2D eigenvalue weighted by Gasteiger charge is 2.09. The van der Waals surface area contributed by atoms with E-state index in [-0.39, 0.29) is 12.3 Å². The third kappa shape index (κ3) is 5.32. The Morgan fingerprint density at radius 3 is 2.26 bits per heavy atom. The van der Waals surface area contributed by atoms with Gasteiger partial charge in [0, 0.05) is 34.8 Å². The molecular formula is C19H17ClN4O3. The first-order chi connectivity index (χ1) is 13.0. The molecule has 0 saturated heterocycles. The van der Waals surface area contributed by atoms with E-state index in [1.807, 2.05) is 12.1 Å². The van der Waals surface area contributed by atoms with Gasteiger partial charge in [-0.15, -0.1) is 0 Å². The lowest BCUT2D eigenvalue weighted by molar-refractivity contribution is -0.116. The number of hydrogen-bond donors (Lipinski definition) is 3. The van der Waals surface area contributed by atoms with Crippen molar-refractivity contribution >= 4 is 34.9 Å². The lowest BCUT2D eigenvalue weighted by atomic mass is 10.2. The number of carbonyl (C=O) groups is 2. The Morgan fingerprint density at radius 1 is 1.00 bits per heavy atom. The second-order valence-corrected chi connectivity index (χ2v) is 6.18. The highest BCUT2D eigenvalue weighted by atomic mass is 35.5. The molecule has 0 aliphatic carbocycles. The molecule has 0 fully saturated rings. The lowest BCUT2D eigenvalue weighted by Gasteiger charge is -2.06. The first kappa shape index (κ1) is 18.5. The zero-order valence-corrected chi connectivity index (χ0v) is 15.0. The number of benzene rings is 2. The summed E-state index contributed by atoms with van der Waals surface area (Å²) in [6.45, 7) is 0. The van der Waals surface area contributed by atoms with Crippen molar-refractivity contribution in [2.75, 3.05) is 10.6 Å². The summed E-state index contributed by atoms with van der Waals surface area (Å²) in [6.07, 6.45) is 2.23. The second-order valence-electron chi connectivity index (χ2n) is 5.74. The minimum Gasteiger partial charge on any atom is -0.441 e. The van der Waals surface area contributed by atoms with Crippen molar-refractivity contribution in [3.05, 3.63) is 65.6 Å². The smallest absolute Gasteiger partial charge is 0.316 e. The number of carbonyl (C=O) groups excluding carboxylic acids is 2. The Bertz CT molecular complexity index is 936. The molecule has 0 aliphatic rings. The molecule has 0 aliphatic heterocycles. The zero-order valence-electron chi connectivity index (χ0n) is 14.2. The monoisotopic (exact) mass is 384 g/mol. The van der Waals surface area contributed by atoms with E-state index in [9.17, 15) is 9.59 Å². The van der Waals surface area contributed by atoms with E-state index >= 15 is 0 Å². The zero-order chi connectivity index (χ0) is 19.2. The summed E-state index contributed by atoms with van der Waals surface area (Å²) in [5.74, 6) is 0.938. The summed E-state index contributed by atoms with van der Waals surface area (Å²) in [5.41, 5.74) is 7.08. The van der Waals surface area contributed by atoms with E-state index in [2.05, 4.69) is 15.6 Å². The van der Waals surface area contributed by atoms with Gasteiger partial charge in [0.25, 0.3) is 0 Å². The van der Waals surface area contributed by atoms with Gasteiger partial charge in [-0.3, -0.25) is 4.79 Å². The number of hydrogen-bond acceptors (Lipinski definition) is 4. The van der Waals surface area contributed by atoms with Crippen LogP contribution in [0.15, 0.2) is 59.1 Å². The van der Waals surface area contributed by atoms with E-state index in [1.54, 1.807) is 42.6 Å². The van der Waals surface area contributed by atoms with Crippen LogP contribution in [0, 0.1) is 0 Å². The van der Waals surface area contributed by atoms with Crippen molar-refractivity contribution < 1.29 is 14.0 Å². The number of oxazole rings is 1. The molecule has 0 unspecified atom stereocenters. The van der Waals surface area contributed by atoms with Crippen LogP contribution in [0.25, 0.3) is 11.3 Å². The standard InChI is InChI=1S/C19H17ClN4O3/c20-13-3-1-12(2-4-13)16-11-22-18(27-16)10-9-17(25)23-14-5-7-15(8-6-14)24-19(21)26/h1-8,11H,9-10H2,(H,23,25)(H3,21,24,26). The van der Waals surface area contributed by atoms with Crippen molar-refractivity contribution in [1.82, 2.24) is 4.98 Å². The summed E-state index contributed by atoms with van der Waals surface area (Å²) in [6, 6.07) is 13.2. The van der Waals surface area contributed by atoms with Crippen molar-refractivity contribution in [1.29, 1.82) is 0 Å². The number of aryl methyl sites for hydroxylation is 1. The van der Waals surface area contributed by atoms with Gasteiger partial charge >= 0.3 is 6.03 Å². The fourth-order valence-electron chi connectivity index (χ4n) is 2.40. The number of primary amides is 1. The van der Waals surface area contributed by atoms with Gasteiger partial charge in [0.2, 0.25) is 5.91 Å². The SMILES string of the molecule is NC(=O)Nc1ccc(NC(=O)CCc2ncc(-c3ccc(Cl)cc3)o2)cc1. The number of anilines is 2. The number of nitrogens with two attached hydrogens (primary N) is 1. The van der Waals surface area contributed by atoms with Crippen molar-refractivity contribution in [3.8, 4) is 11.3 Å². The molecule has 138 valence electrons. The molecular weight excluding hydrogens is 368 g/mol. The van der Waals surface area contributed by atoms with Crippen LogP contribution in [0.2, 0.25) is 5.02 Å². The van der Waals surface area contributed by atoms with Crippen LogP contribution >= 0.6 is 11.6 Å². The molecule has 2 aromatic carbocycles. The molecule has 1 heterocycles. The van der Waals surface area contributed by atoms with Crippen molar-refractivity contribution in [3.63, 3.8) is 0 Å². The first-order valence-electron chi connectivity index (χ1n) is 8.16. The third-order valence-electron chi connectivity index (χ3n) is 3.68. The van der Waals surface area contributed by atoms with Gasteiger partial charge in [-0.1, -0.05) is 11.6 Å². The fraction of sp³-hybridized carbons (Fsp3) is 0.105. The van der Waals surface area contributed by atoms with E-state index in [4.69, 9.17) is 21.8 Å². The molecule has 0 bridgehead atoms. The Morgan fingerprint density at radius 2 is 1.63 bits per heavy atom. The van der Waals surface area contributed by atoms with Crippen molar-refractivity contribution in [2.24, 2.45) is 5.73 Å². The molecule has 27 heavy (non-hydrogen) atoms. The minimum absolute atomic E-state index is 0.170. The Labute approximate surface area is 160 Å². The van der Waals surface area contributed by atoms with E-state index in [0.717, 1.165) is 5.56 Å². The molecule has 0 spiro atoms. The van der Waals surface area contributed by atoms with Gasteiger partial charge in [0.05, 0.1) is 6.20 Å². The molecule has 8 heteroatoms. The molecule has 3 rings (SSSR count). The average Bonchev–Trinajstić information content (AvgIpc) is 3.11. The molecule has 0 radical (unpaired) electrons. The maximum atomic E-state index is 12.1. The average molecular weight is 385 g/mol. The van der Waals surface area contributed by atoms with Crippen LogP contribution < -0.4 is 16.4 Å². The third-order valence-corrected chi connectivity index (χ3v) is 3.94. The topological polar surface area (TPSA) is 110 Å². The summed E-state index contributed by atoms with van der Waals surface area (Å²) < 4.78 is 5.68. The quantitative estimate of drug-likeness (QED) is 0.595. The van der Waals surface area contributed by atoms with Gasteiger partial charge in [-0.05, 0) is 48.5 Å². The molecule has 0 saturated carbocycles. The van der Waals surface area contributed by atoms with E-state index in [0.29, 0.717) is 34.5 Å². The number of rotatable bonds is 6. The van der Waals surface area contributed by atoms with Gasteiger partial charge in [-0.25, -0.2) is 9.78 Å². The Kier molecular flexibility index (Phi) is 5.73. The van der Waals surface area contributed by atoms with Crippen LogP contribution in [-0.2, 0) is 11.2 Å². The van der Waals surface area contributed by atoms with Gasteiger partial charge in [0.1, 0.15) is 0 Å². The van der Waals surface area contributed by atoms with Gasteiger partial charge in [0.15, 0.2) is 11.7 Å². The number of urea groups is 1. The number of nitrogens with zero attached hydrogens (tertiary/aromatic N) is 1. The number of nitrogens with one attached hydrogen (secondary N) is 2. The minimum atomic E-state index is -0.643. The van der Waals surface area contributed by atoms with Crippen LogP contribution in [0.1, 0.15) is 12.3 Å². The first-order valence-corrected chi connectivity index (χ1v) is 8.54. The molecule has 7 nitrogen and oxygen atoms in total. The summed E-state index contributed by atoms with van der Waals surface area (Å²) >= 11 is 5.87. The number of halogens is 1. The maximum absolute atomic E-state index is 12.1. The summed E-state index contributed by atoms with van der Waals surface area (Å²) in [4.78, 5) is 27.1. The summed E-state index contributed by atoms with van der Waals surface area (Å²) in [5, 5.41) is 5.87. The van der Waals surface area contributed by atoms with Gasteiger partial charge < -0.3 is 20.8 Å². The molecule has 4 N–H and O–H groups in total. The predicted octanol–water partition coefficient (Wildman–Crippen LogP) is 4.06. The highest BCUT2D eigenvalue weighted by Crippen LogP contribution is 2.23. The van der Waals surface area contributed by atoms with Crippen LogP contribution in [0.3, 0.4) is 0 Å². The maximum Gasteiger partial charge on any atom is 0.316 e. The molecule has 1 aromatic heterocycles. The van der Waals surface area contributed by atoms with Crippen molar-refractivity contribution in [2.45, 2.75) is 12.8 Å². The van der Waals surface area contributed by atoms with Gasteiger partial charge in [-0.2, -0.15) is 0 Å². The largest absolute Gasteiger partial charge is 0.441 e. The fourth-order valence-corrected chi connectivity index (χ4v) is 2.52. The van der Waals surface area contributed by atoms with Crippen LogP contribution in [-0.4, -0.2) is 16.9 Å².